The van der Waals surface area contributed by atoms with E-state index in [1.165, 1.54) is 0 Å². The van der Waals surface area contributed by atoms with Crippen molar-refractivity contribution in [3.8, 4) is 0 Å². The van der Waals surface area contributed by atoms with Crippen LogP contribution in [0, 0.1) is 6.92 Å². The van der Waals surface area contributed by atoms with Gasteiger partial charge in [-0.15, -0.1) is 11.3 Å². The Morgan fingerprint density at radius 3 is 2.31 bits per heavy atom. The van der Waals surface area contributed by atoms with Gasteiger partial charge in [0, 0.05) is 18.3 Å². The second-order valence-corrected chi connectivity index (χ2v) is 9.03. The zero-order valence-electron chi connectivity index (χ0n) is 18.1. The standard InChI is InChI=1S/C25H25N3O3S/c1-18-13-14-32-21(18)16-27(2)22(29)17-28-23(30)25(26-24(28)31,20-11-7-4-8-12-20)15-19-9-5-3-6-10-19/h3-14H,15-17H2,1-2H3,(H,26,31)/t25-/m0/s1. The van der Waals surface area contributed by atoms with Gasteiger partial charge >= 0.3 is 6.03 Å². The molecule has 2 aromatic carbocycles. The zero-order valence-corrected chi connectivity index (χ0v) is 18.9. The smallest absolute Gasteiger partial charge is 0.325 e. The highest BCUT2D eigenvalue weighted by molar-refractivity contribution is 7.10. The van der Waals surface area contributed by atoms with Gasteiger partial charge in [-0.3, -0.25) is 14.5 Å². The average molecular weight is 448 g/mol. The number of likely N-dealkylation sites (N-methyl/N-ethyl adjacent to an activating group) is 1. The molecule has 0 saturated carbocycles. The van der Waals surface area contributed by atoms with Gasteiger partial charge in [0.15, 0.2) is 5.54 Å². The van der Waals surface area contributed by atoms with Gasteiger partial charge in [-0.25, -0.2) is 4.79 Å². The van der Waals surface area contributed by atoms with Gasteiger partial charge in [-0.2, -0.15) is 0 Å². The Labute approximate surface area is 191 Å². The van der Waals surface area contributed by atoms with Crippen LogP contribution < -0.4 is 5.32 Å². The Balaban J connectivity index is 1.58. The normalized spacial score (nSPS) is 18.0. The van der Waals surface area contributed by atoms with Crippen molar-refractivity contribution in [2.45, 2.75) is 25.4 Å². The number of aryl methyl sites for hydroxylation is 1. The van der Waals surface area contributed by atoms with Gasteiger partial charge in [0.1, 0.15) is 6.54 Å². The fourth-order valence-corrected chi connectivity index (χ4v) is 4.90. The number of urea groups is 1. The molecule has 4 rings (SSSR count). The number of benzene rings is 2. The van der Waals surface area contributed by atoms with Crippen LogP contribution in [0.5, 0.6) is 0 Å². The highest BCUT2D eigenvalue weighted by atomic mass is 32.1. The molecule has 1 atom stereocenters. The number of hydrogen-bond acceptors (Lipinski definition) is 4. The van der Waals surface area contributed by atoms with E-state index in [0.717, 1.165) is 20.9 Å². The second kappa shape index (κ2) is 8.96. The molecule has 7 heteroatoms. The van der Waals surface area contributed by atoms with Crippen LogP contribution in [0.15, 0.2) is 72.1 Å². The molecule has 1 saturated heterocycles. The first kappa shape index (κ1) is 21.8. The lowest BCUT2D eigenvalue weighted by molar-refractivity contribution is -0.138. The maximum atomic E-state index is 13.6. The molecule has 0 aliphatic carbocycles. The number of amides is 4. The van der Waals surface area contributed by atoms with Crippen molar-refractivity contribution in [3.05, 3.63) is 93.7 Å². The van der Waals surface area contributed by atoms with E-state index in [0.29, 0.717) is 18.5 Å². The number of thiophene rings is 1. The fraction of sp³-hybridized carbons (Fsp3) is 0.240. The Kier molecular flexibility index (Phi) is 6.10. The lowest BCUT2D eigenvalue weighted by atomic mass is 9.83. The first-order valence-corrected chi connectivity index (χ1v) is 11.3. The summed E-state index contributed by atoms with van der Waals surface area (Å²) in [6, 6.07) is 20.2. The molecule has 3 aromatic rings. The molecule has 0 radical (unpaired) electrons. The van der Waals surface area contributed by atoms with Crippen molar-refractivity contribution in [1.29, 1.82) is 0 Å². The molecule has 1 aliphatic heterocycles. The monoisotopic (exact) mass is 447 g/mol. The number of nitrogens with one attached hydrogen (secondary N) is 1. The molecule has 2 heterocycles. The molecule has 1 N–H and O–H groups in total. The molecule has 4 amide bonds. The lowest BCUT2D eigenvalue weighted by Gasteiger charge is -2.28. The maximum Gasteiger partial charge on any atom is 0.325 e. The van der Waals surface area contributed by atoms with Crippen LogP contribution in [0.1, 0.15) is 21.6 Å². The summed E-state index contributed by atoms with van der Waals surface area (Å²) in [5, 5.41) is 4.88. The Hall–Kier alpha value is -3.45. The van der Waals surface area contributed by atoms with E-state index < -0.39 is 17.5 Å². The van der Waals surface area contributed by atoms with E-state index in [1.807, 2.05) is 79.0 Å². The van der Waals surface area contributed by atoms with Crippen LogP contribution in [0.25, 0.3) is 0 Å². The van der Waals surface area contributed by atoms with Crippen molar-refractivity contribution >= 4 is 29.2 Å². The van der Waals surface area contributed by atoms with Gasteiger partial charge in [0.25, 0.3) is 5.91 Å². The highest BCUT2D eigenvalue weighted by Crippen LogP contribution is 2.33. The summed E-state index contributed by atoms with van der Waals surface area (Å²) in [6.07, 6.45) is 0.303. The van der Waals surface area contributed by atoms with Crippen LogP contribution in [-0.4, -0.2) is 41.2 Å². The van der Waals surface area contributed by atoms with E-state index >= 15 is 0 Å². The van der Waals surface area contributed by atoms with E-state index in [4.69, 9.17) is 0 Å². The summed E-state index contributed by atoms with van der Waals surface area (Å²) in [5.74, 6) is -0.698. The highest BCUT2D eigenvalue weighted by Gasteiger charge is 2.52. The molecule has 0 spiro atoms. The van der Waals surface area contributed by atoms with Crippen molar-refractivity contribution in [2.75, 3.05) is 13.6 Å². The van der Waals surface area contributed by atoms with Crippen molar-refractivity contribution < 1.29 is 14.4 Å². The zero-order chi connectivity index (χ0) is 22.7. The maximum absolute atomic E-state index is 13.6. The predicted molar refractivity (Wildman–Crippen MR) is 124 cm³/mol. The van der Waals surface area contributed by atoms with E-state index in [9.17, 15) is 14.4 Å². The second-order valence-electron chi connectivity index (χ2n) is 8.03. The number of nitrogens with zero attached hydrogens (tertiary/aromatic N) is 2. The summed E-state index contributed by atoms with van der Waals surface area (Å²) >= 11 is 1.58. The van der Waals surface area contributed by atoms with Gasteiger partial charge in [-0.1, -0.05) is 60.7 Å². The van der Waals surface area contributed by atoms with Gasteiger partial charge in [-0.05, 0) is 35.1 Å². The quantitative estimate of drug-likeness (QED) is 0.562. The molecule has 0 bridgehead atoms. The number of carbonyl (C=O) groups excluding carboxylic acids is 3. The fourth-order valence-electron chi connectivity index (χ4n) is 3.94. The SMILES string of the molecule is Cc1ccsc1CN(C)C(=O)CN1C(=O)N[C@@](Cc2ccccc2)(c2ccccc2)C1=O. The van der Waals surface area contributed by atoms with E-state index in [2.05, 4.69) is 5.32 Å². The van der Waals surface area contributed by atoms with E-state index in [1.54, 1.807) is 23.3 Å². The summed E-state index contributed by atoms with van der Waals surface area (Å²) in [6.45, 7) is 2.15. The number of hydrogen-bond donors (Lipinski definition) is 1. The lowest BCUT2D eigenvalue weighted by Crippen LogP contribution is -2.47. The van der Waals surface area contributed by atoms with Crippen LogP contribution in [0.2, 0.25) is 0 Å². The molecule has 164 valence electrons. The number of rotatable bonds is 7. The van der Waals surface area contributed by atoms with Gasteiger partial charge in [0.2, 0.25) is 5.91 Å². The van der Waals surface area contributed by atoms with Crippen molar-refractivity contribution in [1.82, 2.24) is 15.1 Å². The van der Waals surface area contributed by atoms with Crippen LogP contribution in [0.4, 0.5) is 4.79 Å². The van der Waals surface area contributed by atoms with Crippen molar-refractivity contribution in [3.63, 3.8) is 0 Å². The third-order valence-corrected chi connectivity index (χ3v) is 6.83. The minimum atomic E-state index is -1.25. The molecule has 0 unspecified atom stereocenters. The molecule has 6 nitrogen and oxygen atoms in total. The largest absolute Gasteiger partial charge is 0.339 e. The van der Waals surface area contributed by atoms with Gasteiger partial charge < -0.3 is 10.2 Å². The van der Waals surface area contributed by atoms with Gasteiger partial charge in [0.05, 0.1) is 6.54 Å². The number of carbonyl (C=O) groups is 3. The first-order valence-electron chi connectivity index (χ1n) is 10.4. The van der Waals surface area contributed by atoms with Crippen LogP contribution in [0.3, 0.4) is 0 Å². The average Bonchev–Trinajstić information content (AvgIpc) is 3.31. The Morgan fingerprint density at radius 1 is 1.03 bits per heavy atom. The summed E-state index contributed by atoms with van der Waals surface area (Å²) in [4.78, 5) is 43.1. The topological polar surface area (TPSA) is 69.7 Å². The number of imide groups is 1. The minimum absolute atomic E-state index is 0.287. The molecule has 1 aliphatic rings. The molecular formula is C25H25N3O3S. The summed E-state index contributed by atoms with van der Waals surface area (Å²) in [5.41, 5.74) is 1.49. The minimum Gasteiger partial charge on any atom is -0.339 e. The molecule has 1 aromatic heterocycles. The van der Waals surface area contributed by atoms with Crippen LogP contribution in [-0.2, 0) is 28.1 Å². The predicted octanol–water partition coefficient (Wildman–Crippen LogP) is 3.70. The van der Waals surface area contributed by atoms with Crippen molar-refractivity contribution in [2.24, 2.45) is 0 Å². The molecule has 1 fully saturated rings. The molecular weight excluding hydrogens is 422 g/mol. The molecule has 32 heavy (non-hydrogen) atoms. The summed E-state index contributed by atoms with van der Waals surface area (Å²) in [7, 11) is 1.69. The third kappa shape index (κ3) is 4.16. The van der Waals surface area contributed by atoms with E-state index in [-0.39, 0.29) is 12.5 Å². The third-order valence-electron chi connectivity index (χ3n) is 5.82. The first-order chi connectivity index (χ1) is 15.4. The Bertz CT molecular complexity index is 1130. The van der Waals surface area contributed by atoms with Crippen LogP contribution >= 0.6 is 11.3 Å². The Morgan fingerprint density at radius 2 is 1.69 bits per heavy atom. The summed E-state index contributed by atoms with van der Waals surface area (Å²) < 4.78 is 0.